The van der Waals surface area contributed by atoms with Gasteiger partial charge in [0.05, 0.1) is 24.1 Å². The molecule has 0 aliphatic carbocycles. The van der Waals surface area contributed by atoms with Crippen molar-refractivity contribution in [3.63, 3.8) is 0 Å². The first-order valence-electron chi connectivity index (χ1n) is 7.99. The second-order valence-corrected chi connectivity index (χ2v) is 5.62. The number of aliphatic hydroxyl groups is 1. The zero-order chi connectivity index (χ0) is 17.6. The molecule has 0 aliphatic rings. The molecule has 0 radical (unpaired) electrons. The minimum absolute atomic E-state index is 0.108. The number of pyridine rings is 2. The lowest BCUT2D eigenvalue weighted by Crippen LogP contribution is -2.33. The van der Waals surface area contributed by atoms with Crippen LogP contribution in [-0.2, 0) is 6.54 Å². The van der Waals surface area contributed by atoms with Gasteiger partial charge >= 0.3 is 0 Å². The summed E-state index contributed by atoms with van der Waals surface area (Å²) in [5.41, 5.74) is 2.71. The Kier molecular flexibility index (Phi) is 5.20. The highest BCUT2D eigenvalue weighted by Gasteiger charge is 2.19. The third kappa shape index (κ3) is 3.92. The summed E-state index contributed by atoms with van der Waals surface area (Å²) in [5.74, 6) is 0.485. The Labute approximate surface area is 145 Å². The van der Waals surface area contributed by atoms with Crippen molar-refractivity contribution < 1.29 is 14.3 Å². The fraction of sp³-hybridized carbons (Fsp3) is 0.211. The molecule has 0 aromatic carbocycles. The normalized spacial score (nSPS) is 10.6. The molecule has 6 nitrogen and oxygen atoms in total. The van der Waals surface area contributed by atoms with Crippen LogP contribution in [-0.4, -0.2) is 39.0 Å². The standard InChI is InChI=1S/C19H19N3O3/c1-14-16(6-7-17(21-14)18-5-3-11-25-18)19(24)22(9-10-23)13-15-4-2-8-20-12-15/h2-8,11-12,23H,9-10,13H2,1H3. The monoisotopic (exact) mass is 337 g/mol. The van der Waals surface area contributed by atoms with Gasteiger partial charge in [0, 0.05) is 25.5 Å². The lowest BCUT2D eigenvalue weighted by atomic mass is 10.1. The second kappa shape index (κ2) is 7.72. The van der Waals surface area contributed by atoms with Gasteiger partial charge in [-0.3, -0.25) is 9.78 Å². The molecule has 25 heavy (non-hydrogen) atoms. The number of aliphatic hydroxyl groups excluding tert-OH is 1. The number of furan rings is 1. The molecule has 3 heterocycles. The van der Waals surface area contributed by atoms with Gasteiger partial charge < -0.3 is 14.4 Å². The van der Waals surface area contributed by atoms with E-state index in [2.05, 4.69) is 9.97 Å². The number of rotatable bonds is 6. The maximum Gasteiger partial charge on any atom is 0.256 e. The third-order valence-corrected chi connectivity index (χ3v) is 3.84. The number of aryl methyl sites for hydroxylation is 1. The van der Waals surface area contributed by atoms with Gasteiger partial charge in [-0.2, -0.15) is 0 Å². The van der Waals surface area contributed by atoms with Crippen LogP contribution < -0.4 is 0 Å². The molecule has 0 atom stereocenters. The number of hydrogen-bond acceptors (Lipinski definition) is 5. The Balaban J connectivity index is 1.84. The summed E-state index contributed by atoms with van der Waals surface area (Å²) in [6, 6.07) is 10.8. The summed E-state index contributed by atoms with van der Waals surface area (Å²) in [4.78, 5) is 23.0. The van der Waals surface area contributed by atoms with Gasteiger partial charge in [0.2, 0.25) is 0 Å². The smallest absolute Gasteiger partial charge is 0.256 e. The lowest BCUT2D eigenvalue weighted by Gasteiger charge is -2.22. The maximum absolute atomic E-state index is 12.9. The first-order chi connectivity index (χ1) is 12.2. The van der Waals surface area contributed by atoms with E-state index in [4.69, 9.17) is 4.42 Å². The SMILES string of the molecule is Cc1nc(-c2ccco2)ccc1C(=O)N(CCO)Cc1cccnc1. The molecule has 0 unspecified atom stereocenters. The molecule has 0 fully saturated rings. The van der Waals surface area contributed by atoms with Crippen molar-refractivity contribution in [2.24, 2.45) is 0 Å². The average molecular weight is 337 g/mol. The lowest BCUT2D eigenvalue weighted by molar-refractivity contribution is 0.0706. The van der Waals surface area contributed by atoms with E-state index in [0.29, 0.717) is 29.3 Å². The molecule has 128 valence electrons. The van der Waals surface area contributed by atoms with E-state index >= 15 is 0 Å². The molecule has 0 bridgehead atoms. The van der Waals surface area contributed by atoms with Gasteiger partial charge in [-0.25, -0.2) is 4.98 Å². The van der Waals surface area contributed by atoms with Gasteiger partial charge in [0.1, 0.15) is 5.69 Å². The Morgan fingerprint density at radius 1 is 1.24 bits per heavy atom. The van der Waals surface area contributed by atoms with Crippen LogP contribution in [0.1, 0.15) is 21.6 Å². The highest BCUT2D eigenvalue weighted by Crippen LogP contribution is 2.20. The quantitative estimate of drug-likeness (QED) is 0.748. The molecule has 0 saturated heterocycles. The number of carbonyl (C=O) groups excluding carboxylic acids is 1. The van der Waals surface area contributed by atoms with Crippen LogP contribution in [0.15, 0.2) is 59.5 Å². The Morgan fingerprint density at radius 2 is 2.12 bits per heavy atom. The summed E-state index contributed by atoms with van der Waals surface area (Å²) in [7, 11) is 0. The van der Waals surface area contributed by atoms with E-state index < -0.39 is 0 Å². The molecule has 0 spiro atoms. The highest BCUT2D eigenvalue weighted by atomic mass is 16.3. The summed E-state index contributed by atoms with van der Waals surface area (Å²) in [5, 5.41) is 9.31. The molecule has 3 rings (SSSR count). The van der Waals surface area contributed by atoms with Crippen LogP contribution in [0.25, 0.3) is 11.5 Å². The molecule has 1 N–H and O–H groups in total. The topological polar surface area (TPSA) is 79.5 Å². The molecule has 0 aliphatic heterocycles. The fourth-order valence-electron chi connectivity index (χ4n) is 2.60. The number of aromatic nitrogens is 2. The van der Waals surface area contributed by atoms with Crippen molar-refractivity contribution in [2.45, 2.75) is 13.5 Å². The number of amides is 1. The predicted octanol–water partition coefficient (Wildman–Crippen LogP) is 2.68. The molecule has 0 saturated carbocycles. The molecule has 3 aromatic heterocycles. The molecule has 6 heteroatoms. The van der Waals surface area contributed by atoms with Gasteiger partial charge in [-0.05, 0) is 42.8 Å². The zero-order valence-corrected chi connectivity index (χ0v) is 13.9. The summed E-state index contributed by atoms with van der Waals surface area (Å²) < 4.78 is 5.34. The molecular weight excluding hydrogens is 318 g/mol. The summed E-state index contributed by atoms with van der Waals surface area (Å²) >= 11 is 0. The van der Waals surface area contributed by atoms with Crippen LogP contribution in [0.3, 0.4) is 0 Å². The first kappa shape index (κ1) is 16.9. The highest BCUT2D eigenvalue weighted by molar-refractivity contribution is 5.95. The predicted molar refractivity (Wildman–Crippen MR) is 92.7 cm³/mol. The van der Waals surface area contributed by atoms with E-state index in [1.807, 2.05) is 18.2 Å². The first-order valence-corrected chi connectivity index (χ1v) is 7.99. The number of hydrogen-bond donors (Lipinski definition) is 1. The van der Waals surface area contributed by atoms with E-state index in [1.54, 1.807) is 48.7 Å². The average Bonchev–Trinajstić information content (AvgIpc) is 3.16. The van der Waals surface area contributed by atoms with Crippen LogP contribution in [0.2, 0.25) is 0 Å². The van der Waals surface area contributed by atoms with Crippen molar-refractivity contribution in [1.29, 1.82) is 0 Å². The van der Waals surface area contributed by atoms with Crippen molar-refractivity contribution in [3.8, 4) is 11.5 Å². The molecular formula is C19H19N3O3. The number of nitrogens with zero attached hydrogens (tertiary/aromatic N) is 3. The van der Waals surface area contributed by atoms with Crippen LogP contribution in [0, 0.1) is 6.92 Å². The Hall–Kier alpha value is -2.99. The number of carbonyl (C=O) groups is 1. The van der Waals surface area contributed by atoms with E-state index in [9.17, 15) is 9.90 Å². The van der Waals surface area contributed by atoms with E-state index in [0.717, 1.165) is 5.56 Å². The zero-order valence-electron chi connectivity index (χ0n) is 13.9. The van der Waals surface area contributed by atoms with Crippen molar-refractivity contribution >= 4 is 5.91 Å². The maximum atomic E-state index is 12.9. The van der Waals surface area contributed by atoms with E-state index in [1.165, 1.54) is 0 Å². The van der Waals surface area contributed by atoms with Crippen molar-refractivity contribution in [3.05, 3.63) is 71.9 Å². The molecule has 1 amide bonds. The van der Waals surface area contributed by atoms with Crippen molar-refractivity contribution in [1.82, 2.24) is 14.9 Å². The van der Waals surface area contributed by atoms with E-state index in [-0.39, 0.29) is 19.1 Å². The minimum atomic E-state index is -0.172. The fourth-order valence-corrected chi connectivity index (χ4v) is 2.60. The summed E-state index contributed by atoms with van der Waals surface area (Å²) in [6.45, 7) is 2.31. The largest absolute Gasteiger partial charge is 0.463 e. The van der Waals surface area contributed by atoms with Gasteiger partial charge in [-0.15, -0.1) is 0 Å². The van der Waals surface area contributed by atoms with Gasteiger partial charge in [-0.1, -0.05) is 6.07 Å². The molecule has 3 aromatic rings. The van der Waals surface area contributed by atoms with Gasteiger partial charge in [0.25, 0.3) is 5.91 Å². The second-order valence-electron chi connectivity index (χ2n) is 5.62. The van der Waals surface area contributed by atoms with Crippen molar-refractivity contribution in [2.75, 3.05) is 13.2 Å². The van der Waals surface area contributed by atoms with Crippen LogP contribution in [0.5, 0.6) is 0 Å². The van der Waals surface area contributed by atoms with Gasteiger partial charge in [0.15, 0.2) is 5.76 Å². The Morgan fingerprint density at radius 3 is 2.76 bits per heavy atom. The van der Waals surface area contributed by atoms with Crippen LogP contribution >= 0.6 is 0 Å². The Bertz CT molecular complexity index is 832. The van der Waals surface area contributed by atoms with Crippen LogP contribution in [0.4, 0.5) is 0 Å². The third-order valence-electron chi connectivity index (χ3n) is 3.84. The summed E-state index contributed by atoms with van der Waals surface area (Å²) in [6.07, 6.45) is 4.98. The minimum Gasteiger partial charge on any atom is -0.463 e.